The number of nitrogens with two attached hydrogens (primary N) is 2. The number of hydrogen-bond acceptors (Lipinski definition) is 5. The van der Waals surface area contributed by atoms with Gasteiger partial charge in [-0.25, -0.2) is 4.99 Å². The Hall–Kier alpha value is -4.52. The number of aromatic nitrogens is 3. The van der Waals surface area contributed by atoms with Crippen molar-refractivity contribution in [2.24, 2.45) is 37.6 Å². The van der Waals surface area contributed by atoms with Gasteiger partial charge in [-0.05, 0) is 45.3 Å². The number of nitrogens with zero attached hydrogens (tertiary/aromatic N) is 5. The van der Waals surface area contributed by atoms with Gasteiger partial charge < -0.3 is 46.0 Å². The van der Waals surface area contributed by atoms with E-state index >= 15 is 0 Å². The predicted octanol–water partition coefficient (Wildman–Crippen LogP) is 0.793. The van der Waals surface area contributed by atoms with Crippen LogP contribution in [0.2, 0.25) is 0 Å². The number of nitrogens with one attached hydrogen (secondary N) is 3. The Morgan fingerprint density at radius 2 is 1.30 bits per heavy atom. The number of carbonyl (C=O) groups is 3. The highest BCUT2D eigenvalue weighted by Gasteiger charge is 2.18. The van der Waals surface area contributed by atoms with Crippen LogP contribution in [0.15, 0.2) is 41.8 Å². The van der Waals surface area contributed by atoms with E-state index in [-0.39, 0.29) is 23.7 Å². The molecule has 3 aromatic heterocycles. The van der Waals surface area contributed by atoms with E-state index < -0.39 is 0 Å². The average Bonchev–Trinajstić information content (AvgIpc) is 3.46. The van der Waals surface area contributed by atoms with Crippen molar-refractivity contribution in [3.63, 3.8) is 0 Å². The zero-order chi connectivity index (χ0) is 27.3. The van der Waals surface area contributed by atoms with Crippen LogP contribution < -0.4 is 27.4 Å². The molecule has 37 heavy (non-hydrogen) atoms. The zero-order valence-electron chi connectivity index (χ0n) is 21.7. The van der Waals surface area contributed by atoms with Crippen LogP contribution in [0.1, 0.15) is 37.9 Å². The molecule has 0 aliphatic rings. The molecule has 0 bridgehead atoms. The Morgan fingerprint density at radius 3 is 1.81 bits per heavy atom. The summed E-state index contributed by atoms with van der Waals surface area (Å²) in [6.07, 6.45) is 5.75. The summed E-state index contributed by atoms with van der Waals surface area (Å²) >= 11 is 0. The minimum atomic E-state index is -0.388. The molecule has 0 saturated carbocycles. The van der Waals surface area contributed by atoms with Gasteiger partial charge in [0.15, 0.2) is 5.96 Å². The maximum Gasteiger partial charge on any atom is 0.272 e. The third kappa shape index (κ3) is 7.01. The first-order valence-electron chi connectivity index (χ1n) is 11.6. The summed E-state index contributed by atoms with van der Waals surface area (Å²) in [5, 5.41) is 8.46. The van der Waals surface area contributed by atoms with Gasteiger partial charge in [0.1, 0.15) is 17.1 Å². The monoisotopic (exact) mass is 510 g/mol. The third-order valence-electron chi connectivity index (χ3n) is 5.54. The molecule has 0 spiro atoms. The van der Waals surface area contributed by atoms with Crippen LogP contribution in [0.4, 0.5) is 17.1 Å². The highest BCUT2D eigenvalue weighted by atomic mass is 16.2. The first-order chi connectivity index (χ1) is 17.4. The quantitative estimate of drug-likeness (QED) is 0.153. The number of aryl methyl sites for hydroxylation is 3. The van der Waals surface area contributed by atoms with Crippen molar-refractivity contribution in [1.29, 1.82) is 0 Å². The van der Waals surface area contributed by atoms with Crippen molar-refractivity contribution in [3.05, 3.63) is 53.9 Å². The van der Waals surface area contributed by atoms with E-state index in [0.29, 0.717) is 40.7 Å². The van der Waals surface area contributed by atoms with Crippen molar-refractivity contribution in [3.8, 4) is 0 Å². The summed E-state index contributed by atoms with van der Waals surface area (Å²) in [5.41, 5.74) is 13.3. The lowest BCUT2D eigenvalue weighted by atomic mass is 10.3. The molecule has 0 radical (unpaired) electrons. The first-order valence-corrected chi connectivity index (χ1v) is 11.6. The van der Waals surface area contributed by atoms with Gasteiger partial charge in [-0.15, -0.1) is 0 Å². The predicted molar refractivity (Wildman–Crippen MR) is 143 cm³/mol. The van der Waals surface area contributed by atoms with Crippen molar-refractivity contribution < 1.29 is 14.4 Å². The van der Waals surface area contributed by atoms with Crippen molar-refractivity contribution in [2.75, 3.05) is 37.8 Å². The average molecular weight is 511 g/mol. The van der Waals surface area contributed by atoms with Gasteiger partial charge in [-0.2, -0.15) is 0 Å². The molecule has 3 heterocycles. The van der Waals surface area contributed by atoms with Crippen LogP contribution in [0.3, 0.4) is 0 Å². The molecular weight excluding hydrogens is 476 g/mol. The SMILES string of the molecule is CN(C)CCCNC(=O)c1cc(NC(=O)c2cc(NC(=O)c3cc(N=C(N)N)cn3C)cn2C)cn1C. The molecule has 198 valence electrons. The summed E-state index contributed by atoms with van der Waals surface area (Å²) in [5.74, 6) is -1.10. The number of hydrogen-bond donors (Lipinski definition) is 5. The summed E-state index contributed by atoms with van der Waals surface area (Å²) < 4.78 is 4.85. The number of anilines is 2. The number of amides is 3. The van der Waals surface area contributed by atoms with Crippen molar-refractivity contribution in [1.82, 2.24) is 23.9 Å². The molecule has 0 aliphatic carbocycles. The van der Waals surface area contributed by atoms with Gasteiger partial charge in [0, 0.05) is 46.3 Å². The molecule has 0 aromatic carbocycles. The lowest BCUT2D eigenvalue weighted by Crippen LogP contribution is -2.28. The number of rotatable bonds is 10. The van der Waals surface area contributed by atoms with Gasteiger partial charge >= 0.3 is 0 Å². The number of carbonyl (C=O) groups excluding carboxylic acids is 3. The number of aliphatic imine (C=N–C) groups is 1. The second-order valence-corrected chi connectivity index (χ2v) is 9.00. The molecule has 3 amide bonds. The van der Waals surface area contributed by atoms with Crippen LogP contribution in [0, 0.1) is 0 Å². The van der Waals surface area contributed by atoms with Crippen molar-refractivity contribution in [2.45, 2.75) is 6.42 Å². The molecule has 0 saturated heterocycles. The normalized spacial score (nSPS) is 10.9. The van der Waals surface area contributed by atoms with Gasteiger partial charge in [0.25, 0.3) is 17.7 Å². The van der Waals surface area contributed by atoms with Crippen LogP contribution >= 0.6 is 0 Å². The van der Waals surface area contributed by atoms with Crippen molar-refractivity contribution >= 4 is 40.7 Å². The molecule has 13 heteroatoms. The number of guanidine groups is 1. The fourth-order valence-corrected chi connectivity index (χ4v) is 3.78. The Morgan fingerprint density at radius 1 is 0.811 bits per heavy atom. The molecule has 0 fully saturated rings. The Labute approximate surface area is 215 Å². The van der Waals surface area contributed by atoms with Crippen LogP contribution in [0.5, 0.6) is 0 Å². The molecule has 7 N–H and O–H groups in total. The largest absolute Gasteiger partial charge is 0.370 e. The van der Waals surface area contributed by atoms with Gasteiger partial charge in [-0.3, -0.25) is 14.4 Å². The summed E-state index contributed by atoms with van der Waals surface area (Å²) in [4.78, 5) is 44.2. The van der Waals surface area contributed by atoms with E-state index in [9.17, 15) is 14.4 Å². The van der Waals surface area contributed by atoms with E-state index in [0.717, 1.165) is 13.0 Å². The van der Waals surface area contributed by atoms with E-state index in [1.54, 1.807) is 71.6 Å². The second kappa shape index (κ2) is 11.5. The summed E-state index contributed by atoms with van der Waals surface area (Å²) in [6, 6.07) is 4.74. The Bertz CT molecular complexity index is 1320. The van der Waals surface area contributed by atoms with Crippen LogP contribution in [0.25, 0.3) is 0 Å². The van der Waals surface area contributed by atoms with Gasteiger partial charge in [0.05, 0.1) is 17.1 Å². The molecule has 3 aromatic rings. The fourth-order valence-electron chi connectivity index (χ4n) is 3.78. The highest BCUT2D eigenvalue weighted by Crippen LogP contribution is 2.20. The fraction of sp³-hybridized carbons (Fsp3) is 0.333. The maximum absolute atomic E-state index is 12.9. The molecule has 13 nitrogen and oxygen atoms in total. The summed E-state index contributed by atoms with van der Waals surface area (Å²) in [7, 11) is 9.09. The summed E-state index contributed by atoms with van der Waals surface area (Å²) in [6.45, 7) is 1.43. The van der Waals surface area contributed by atoms with E-state index in [2.05, 4.69) is 25.8 Å². The molecule has 0 aliphatic heterocycles. The molecule has 0 atom stereocenters. The van der Waals surface area contributed by atoms with Gasteiger partial charge in [0.2, 0.25) is 0 Å². The lowest BCUT2D eigenvalue weighted by Gasteiger charge is -2.10. The van der Waals surface area contributed by atoms with Crippen LogP contribution in [-0.2, 0) is 21.1 Å². The smallest absolute Gasteiger partial charge is 0.272 e. The zero-order valence-corrected chi connectivity index (χ0v) is 21.7. The lowest BCUT2D eigenvalue weighted by molar-refractivity contribution is 0.0942. The van der Waals surface area contributed by atoms with E-state index in [1.807, 2.05) is 14.1 Å². The Balaban J connectivity index is 1.64. The van der Waals surface area contributed by atoms with E-state index in [1.165, 1.54) is 0 Å². The molecule has 3 rings (SSSR count). The first kappa shape index (κ1) is 27.1. The topological polar surface area (TPSA) is 170 Å². The van der Waals surface area contributed by atoms with Gasteiger partial charge in [-0.1, -0.05) is 0 Å². The third-order valence-corrected chi connectivity index (χ3v) is 5.54. The minimum absolute atomic E-state index is 0.109. The minimum Gasteiger partial charge on any atom is -0.370 e. The molecule has 0 unspecified atom stereocenters. The standard InChI is InChI=1S/C24H34N10O3/c1-31(2)8-6-7-27-21(35)18-9-15(12-32(18)3)28-22(36)19-10-16(13-33(19)4)29-23(37)20-11-17(14-34(20)5)30-24(25)26/h9-14H,6-8H2,1-5H3,(H,27,35)(H,28,36)(H,29,37)(H4,25,26,30). The highest BCUT2D eigenvalue weighted by molar-refractivity contribution is 6.07. The van der Waals surface area contributed by atoms with E-state index in [4.69, 9.17) is 11.5 Å². The van der Waals surface area contributed by atoms with Crippen LogP contribution in [-0.4, -0.2) is 69.5 Å². The second-order valence-electron chi connectivity index (χ2n) is 9.00. The Kier molecular flexibility index (Phi) is 8.40. The maximum atomic E-state index is 12.9. The molecular formula is C24H34N10O3.